The number of fused-ring (bicyclic) bond motifs is 1. The molecule has 0 fully saturated rings. The van der Waals surface area contributed by atoms with Gasteiger partial charge in [0, 0.05) is 0 Å². The molecule has 1 aromatic carbocycles. The topological polar surface area (TPSA) is 64.3 Å². The molecule has 0 aliphatic heterocycles. The van der Waals surface area contributed by atoms with Crippen molar-refractivity contribution in [3.05, 3.63) is 30.1 Å². The highest BCUT2D eigenvalue weighted by molar-refractivity contribution is 5.80. The van der Waals surface area contributed by atoms with Crippen LogP contribution in [0.2, 0.25) is 0 Å². The Labute approximate surface area is 105 Å². The minimum atomic E-state index is -1.57. The first kappa shape index (κ1) is 12.6. The van der Waals surface area contributed by atoms with Crippen molar-refractivity contribution in [1.29, 1.82) is 0 Å². The molecule has 0 saturated heterocycles. The second-order valence-electron chi connectivity index (χ2n) is 4.50. The van der Waals surface area contributed by atoms with Gasteiger partial charge in [-0.1, -0.05) is 12.1 Å². The lowest BCUT2D eigenvalue weighted by Gasteiger charge is -2.21. The predicted molar refractivity (Wildman–Crippen MR) is 67.1 cm³/mol. The van der Waals surface area contributed by atoms with Crippen LogP contribution in [0.3, 0.4) is 0 Å². The lowest BCUT2D eigenvalue weighted by Crippen LogP contribution is -2.40. The minimum Gasteiger partial charge on any atom is -0.467 e. The zero-order valence-electron chi connectivity index (χ0n) is 10.7. The molecule has 0 spiro atoms. The maximum absolute atomic E-state index is 11.5. The Morgan fingerprint density at radius 3 is 2.83 bits per heavy atom. The second kappa shape index (κ2) is 4.42. The van der Waals surface area contributed by atoms with Crippen molar-refractivity contribution in [2.45, 2.75) is 26.0 Å². The van der Waals surface area contributed by atoms with Crippen LogP contribution in [0.4, 0.5) is 0 Å². The number of carbonyl (C=O) groups excluding carboxylic acids is 1. The third kappa shape index (κ3) is 2.09. The summed E-state index contributed by atoms with van der Waals surface area (Å²) in [4.78, 5) is 15.9. The molecular weight excluding hydrogens is 232 g/mol. The fraction of sp³-hybridized carbons (Fsp3) is 0.385. The van der Waals surface area contributed by atoms with E-state index in [1.54, 1.807) is 0 Å². The number of benzene rings is 1. The molecule has 2 aromatic rings. The molecular formula is C13H16N2O3. The van der Waals surface area contributed by atoms with Crippen molar-refractivity contribution in [3.63, 3.8) is 0 Å². The van der Waals surface area contributed by atoms with E-state index in [1.807, 2.05) is 35.8 Å². The zero-order valence-corrected chi connectivity index (χ0v) is 10.7. The van der Waals surface area contributed by atoms with Crippen molar-refractivity contribution in [1.82, 2.24) is 9.55 Å². The Hall–Kier alpha value is -1.88. The molecule has 1 atom stereocenters. The monoisotopic (exact) mass is 248 g/mol. The van der Waals surface area contributed by atoms with Crippen LogP contribution in [0.15, 0.2) is 24.3 Å². The van der Waals surface area contributed by atoms with Crippen molar-refractivity contribution < 1.29 is 14.6 Å². The first-order valence-electron chi connectivity index (χ1n) is 5.68. The van der Waals surface area contributed by atoms with Crippen LogP contribution in [0.25, 0.3) is 11.0 Å². The van der Waals surface area contributed by atoms with Crippen LogP contribution in [-0.2, 0) is 16.1 Å². The first-order valence-corrected chi connectivity index (χ1v) is 5.68. The molecule has 1 heterocycles. The molecule has 1 aromatic heterocycles. The second-order valence-corrected chi connectivity index (χ2v) is 4.50. The number of carbonyl (C=O) groups is 1. The average molecular weight is 248 g/mol. The van der Waals surface area contributed by atoms with Gasteiger partial charge in [0.05, 0.1) is 24.7 Å². The number of esters is 1. The van der Waals surface area contributed by atoms with Gasteiger partial charge in [0.1, 0.15) is 5.82 Å². The summed E-state index contributed by atoms with van der Waals surface area (Å²) < 4.78 is 6.40. The zero-order chi connectivity index (χ0) is 13.3. The number of methoxy groups -OCH3 is 1. The van der Waals surface area contributed by atoms with Gasteiger partial charge in [-0.3, -0.25) is 0 Å². The third-order valence-electron chi connectivity index (χ3n) is 2.94. The highest BCUT2D eigenvalue weighted by Crippen LogP contribution is 2.19. The van der Waals surface area contributed by atoms with E-state index >= 15 is 0 Å². The van der Waals surface area contributed by atoms with Crippen molar-refractivity contribution in [3.8, 4) is 0 Å². The molecule has 5 heteroatoms. The summed E-state index contributed by atoms with van der Waals surface area (Å²) in [7, 11) is 1.26. The van der Waals surface area contributed by atoms with Gasteiger partial charge in [0.2, 0.25) is 0 Å². The lowest BCUT2D eigenvalue weighted by atomic mass is 10.1. The summed E-state index contributed by atoms with van der Waals surface area (Å²) in [6.45, 7) is 3.40. The summed E-state index contributed by atoms with van der Waals surface area (Å²) in [6.07, 6.45) is 0. The van der Waals surface area contributed by atoms with Crippen LogP contribution < -0.4 is 0 Å². The van der Waals surface area contributed by atoms with E-state index in [1.165, 1.54) is 14.0 Å². The number of aliphatic hydroxyl groups is 1. The Morgan fingerprint density at radius 2 is 2.17 bits per heavy atom. The fourth-order valence-electron chi connectivity index (χ4n) is 1.99. The number of nitrogens with zero attached hydrogens (tertiary/aromatic N) is 2. The van der Waals surface area contributed by atoms with Gasteiger partial charge in [-0.05, 0) is 26.0 Å². The highest BCUT2D eigenvalue weighted by atomic mass is 16.5. The van der Waals surface area contributed by atoms with E-state index < -0.39 is 11.6 Å². The standard InChI is InChI=1S/C13H16N2O3/c1-9-14-10-6-4-5-7-11(10)15(9)8-13(2,17)12(16)18-3/h4-7,17H,8H2,1-3H3. The molecule has 2 rings (SSSR count). The number of ether oxygens (including phenoxy) is 1. The van der Waals surface area contributed by atoms with E-state index in [4.69, 9.17) is 0 Å². The fourth-order valence-corrected chi connectivity index (χ4v) is 1.99. The minimum absolute atomic E-state index is 0.117. The number of hydrogen-bond acceptors (Lipinski definition) is 4. The van der Waals surface area contributed by atoms with Crippen molar-refractivity contribution in [2.75, 3.05) is 7.11 Å². The number of rotatable bonds is 3. The van der Waals surface area contributed by atoms with Crippen LogP contribution in [0.1, 0.15) is 12.7 Å². The molecule has 1 N–H and O–H groups in total. The van der Waals surface area contributed by atoms with Crippen LogP contribution >= 0.6 is 0 Å². The molecule has 1 unspecified atom stereocenters. The molecule has 96 valence electrons. The Bertz CT molecular complexity index is 587. The van der Waals surface area contributed by atoms with Gasteiger partial charge in [0.25, 0.3) is 0 Å². The molecule has 0 aliphatic rings. The molecule has 0 amide bonds. The maximum Gasteiger partial charge on any atom is 0.339 e. The van der Waals surface area contributed by atoms with E-state index in [0.29, 0.717) is 0 Å². The predicted octanol–water partition coefficient (Wildman–Crippen LogP) is 1.27. The van der Waals surface area contributed by atoms with E-state index in [9.17, 15) is 9.90 Å². The van der Waals surface area contributed by atoms with Gasteiger partial charge >= 0.3 is 5.97 Å². The van der Waals surface area contributed by atoms with Crippen LogP contribution in [-0.4, -0.2) is 33.3 Å². The number of aromatic nitrogens is 2. The normalized spacial score (nSPS) is 14.4. The maximum atomic E-state index is 11.5. The van der Waals surface area contributed by atoms with Gasteiger partial charge in [-0.15, -0.1) is 0 Å². The van der Waals surface area contributed by atoms with E-state index in [-0.39, 0.29) is 6.54 Å². The first-order chi connectivity index (χ1) is 8.45. The van der Waals surface area contributed by atoms with Crippen LogP contribution in [0, 0.1) is 6.92 Å². The van der Waals surface area contributed by atoms with E-state index in [2.05, 4.69) is 9.72 Å². The molecule has 18 heavy (non-hydrogen) atoms. The van der Waals surface area contributed by atoms with Crippen LogP contribution in [0.5, 0.6) is 0 Å². The molecule has 0 aliphatic carbocycles. The van der Waals surface area contributed by atoms with Gasteiger partial charge < -0.3 is 14.4 Å². The SMILES string of the molecule is COC(=O)C(C)(O)Cn1c(C)nc2ccccc21. The third-order valence-corrected chi connectivity index (χ3v) is 2.94. The summed E-state index contributed by atoms with van der Waals surface area (Å²) in [5, 5.41) is 10.1. The Balaban J connectivity index is 2.43. The van der Waals surface area contributed by atoms with Crippen molar-refractivity contribution >= 4 is 17.0 Å². The summed E-state index contributed by atoms with van der Waals surface area (Å²) in [5.74, 6) is 0.0973. The molecule has 0 bridgehead atoms. The summed E-state index contributed by atoms with van der Waals surface area (Å²) in [6, 6.07) is 7.60. The summed E-state index contributed by atoms with van der Waals surface area (Å²) in [5.41, 5.74) is 0.165. The van der Waals surface area contributed by atoms with Gasteiger partial charge in [-0.2, -0.15) is 0 Å². The average Bonchev–Trinajstić information content (AvgIpc) is 2.65. The largest absolute Gasteiger partial charge is 0.467 e. The number of imidazole rings is 1. The van der Waals surface area contributed by atoms with Gasteiger partial charge in [-0.25, -0.2) is 9.78 Å². The molecule has 0 saturated carbocycles. The van der Waals surface area contributed by atoms with E-state index in [0.717, 1.165) is 16.9 Å². The summed E-state index contributed by atoms with van der Waals surface area (Å²) >= 11 is 0. The van der Waals surface area contributed by atoms with Gasteiger partial charge in [0.15, 0.2) is 5.60 Å². The Morgan fingerprint density at radius 1 is 1.50 bits per heavy atom. The Kier molecular flexibility index (Phi) is 3.09. The number of aryl methyl sites for hydroxylation is 1. The number of hydrogen-bond donors (Lipinski definition) is 1. The van der Waals surface area contributed by atoms with Crippen molar-refractivity contribution in [2.24, 2.45) is 0 Å². The number of para-hydroxylation sites is 2. The molecule has 0 radical (unpaired) electrons. The quantitative estimate of drug-likeness (QED) is 0.831. The smallest absolute Gasteiger partial charge is 0.339 e. The highest BCUT2D eigenvalue weighted by Gasteiger charge is 2.32. The lowest BCUT2D eigenvalue weighted by molar-refractivity contribution is -0.161. The molecule has 5 nitrogen and oxygen atoms in total.